The van der Waals surface area contributed by atoms with Crippen LogP contribution < -0.4 is 4.74 Å². The van der Waals surface area contributed by atoms with Crippen LogP contribution in [0.5, 0.6) is 5.75 Å². The van der Waals surface area contributed by atoms with Gasteiger partial charge in [-0.2, -0.15) is 13.2 Å². The molecule has 0 aromatic heterocycles. The summed E-state index contributed by atoms with van der Waals surface area (Å²) < 4.78 is 43.4. The standard InChI is InChI=1S/C14H20F3NO/c1-11(2)18(3)9-6-10-19-13-8-5-4-7-12(13)14(15,16)17/h4-5,7-8,11H,6,9-10H2,1-3H3. The fourth-order valence-electron chi connectivity index (χ4n) is 1.58. The molecule has 0 aliphatic rings. The summed E-state index contributed by atoms with van der Waals surface area (Å²) in [6.07, 6.45) is -3.67. The molecule has 108 valence electrons. The van der Waals surface area contributed by atoms with Gasteiger partial charge in [0.1, 0.15) is 5.75 Å². The van der Waals surface area contributed by atoms with E-state index < -0.39 is 11.7 Å². The van der Waals surface area contributed by atoms with Gasteiger partial charge in [0.15, 0.2) is 0 Å². The largest absolute Gasteiger partial charge is 0.493 e. The Balaban J connectivity index is 2.50. The van der Waals surface area contributed by atoms with E-state index in [1.807, 2.05) is 7.05 Å². The summed E-state index contributed by atoms with van der Waals surface area (Å²) in [7, 11) is 1.98. The van der Waals surface area contributed by atoms with Gasteiger partial charge in [-0.1, -0.05) is 12.1 Å². The van der Waals surface area contributed by atoms with Gasteiger partial charge < -0.3 is 9.64 Å². The summed E-state index contributed by atoms with van der Waals surface area (Å²) in [6.45, 7) is 5.22. The first-order chi connectivity index (χ1) is 8.82. The molecule has 1 aromatic rings. The number of ether oxygens (including phenoxy) is 1. The Hall–Kier alpha value is -1.23. The third-order valence-corrected chi connectivity index (χ3v) is 2.99. The zero-order valence-corrected chi connectivity index (χ0v) is 11.5. The summed E-state index contributed by atoms with van der Waals surface area (Å²) in [5, 5.41) is 0. The van der Waals surface area contributed by atoms with Crippen molar-refractivity contribution in [3.63, 3.8) is 0 Å². The van der Waals surface area contributed by atoms with Gasteiger partial charge in [0, 0.05) is 12.6 Å². The minimum atomic E-state index is -4.37. The van der Waals surface area contributed by atoms with Crippen molar-refractivity contribution in [1.29, 1.82) is 0 Å². The van der Waals surface area contributed by atoms with Gasteiger partial charge in [-0.3, -0.25) is 0 Å². The molecule has 0 aliphatic carbocycles. The SMILES string of the molecule is CC(C)N(C)CCCOc1ccccc1C(F)(F)F. The lowest BCUT2D eigenvalue weighted by Gasteiger charge is -2.21. The maximum Gasteiger partial charge on any atom is 0.419 e. The lowest BCUT2D eigenvalue weighted by molar-refractivity contribution is -0.138. The van der Waals surface area contributed by atoms with E-state index in [4.69, 9.17) is 4.74 Å². The minimum Gasteiger partial charge on any atom is -0.493 e. The molecule has 1 rings (SSSR count). The summed E-state index contributed by atoms with van der Waals surface area (Å²) in [6, 6.07) is 5.72. The maximum absolute atomic E-state index is 12.7. The molecule has 0 saturated heterocycles. The Labute approximate surface area is 112 Å². The quantitative estimate of drug-likeness (QED) is 0.732. The molecule has 5 heteroatoms. The van der Waals surface area contributed by atoms with Crippen LogP contribution in [0.2, 0.25) is 0 Å². The number of nitrogens with zero attached hydrogens (tertiary/aromatic N) is 1. The Morgan fingerprint density at radius 2 is 1.84 bits per heavy atom. The van der Waals surface area contributed by atoms with Gasteiger partial charge in [-0.15, -0.1) is 0 Å². The predicted octanol–water partition coefficient (Wildman–Crippen LogP) is 3.81. The molecular weight excluding hydrogens is 255 g/mol. The Morgan fingerprint density at radius 1 is 1.21 bits per heavy atom. The number of hydrogen-bond donors (Lipinski definition) is 0. The number of benzene rings is 1. The van der Waals surface area contributed by atoms with E-state index in [0.717, 1.165) is 12.6 Å². The molecule has 19 heavy (non-hydrogen) atoms. The van der Waals surface area contributed by atoms with Gasteiger partial charge in [0.2, 0.25) is 0 Å². The van der Waals surface area contributed by atoms with E-state index in [9.17, 15) is 13.2 Å². The molecule has 0 aliphatic heterocycles. The van der Waals surface area contributed by atoms with Crippen LogP contribution in [0.1, 0.15) is 25.8 Å². The van der Waals surface area contributed by atoms with Gasteiger partial charge in [0.25, 0.3) is 0 Å². The average Bonchev–Trinajstić information content (AvgIpc) is 2.33. The third kappa shape index (κ3) is 5.11. The fraction of sp³-hybridized carbons (Fsp3) is 0.571. The van der Waals surface area contributed by atoms with E-state index >= 15 is 0 Å². The molecule has 0 spiro atoms. The van der Waals surface area contributed by atoms with Crippen LogP contribution in [-0.2, 0) is 6.18 Å². The molecule has 0 radical (unpaired) electrons. The van der Waals surface area contributed by atoms with Crippen molar-refractivity contribution in [2.24, 2.45) is 0 Å². The van der Waals surface area contributed by atoms with Crippen molar-refractivity contribution >= 4 is 0 Å². The highest BCUT2D eigenvalue weighted by Crippen LogP contribution is 2.35. The van der Waals surface area contributed by atoms with Crippen LogP contribution in [0.3, 0.4) is 0 Å². The highest BCUT2D eigenvalue weighted by Gasteiger charge is 2.33. The molecule has 0 heterocycles. The van der Waals surface area contributed by atoms with Crippen LogP contribution in [0.4, 0.5) is 13.2 Å². The highest BCUT2D eigenvalue weighted by atomic mass is 19.4. The summed E-state index contributed by atoms with van der Waals surface area (Å²) in [5.41, 5.74) is -0.716. The van der Waals surface area contributed by atoms with Crippen molar-refractivity contribution in [2.45, 2.75) is 32.5 Å². The zero-order chi connectivity index (χ0) is 14.5. The maximum atomic E-state index is 12.7. The van der Waals surface area contributed by atoms with Crippen molar-refractivity contribution < 1.29 is 17.9 Å². The van der Waals surface area contributed by atoms with Crippen molar-refractivity contribution in [3.8, 4) is 5.75 Å². The number of para-hydroxylation sites is 1. The molecule has 0 saturated carbocycles. The minimum absolute atomic E-state index is 0.0952. The van der Waals surface area contributed by atoms with Crippen LogP contribution in [0, 0.1) is 0 Å². The van der Waals surface area contributed by atoms with Crippen LogP contribution >= 0.6 is 0 Å². The van der Waals surface area contributed by atoms with E-state index in [0.29, 0.717) is 12.5 Å². The normalized spacial score (nSPS) is 12.2. The number of hydrogen-bond acceptors (Lipinski definition) is 2. The number of halogens is 3. The molecule has 0 atom stereocenters. The summed E-state index contributed by atoms with van der Waals surface area (Å²) in [5.74, 6) is -0.0952. The number of rotatable bonds is 6. The second-order valence-electron chi connectivity index (χ2n) is 4.77. The molecule has 0 amide bonds. The summed E-state index contributed by atoms with van der Waals surface area (Å²) in [4.78, 5) is 2.12. The van der Waals surface area contributed by atoms with Crippen molar-refractivity contribution in [3.05, 3.63) is 29.8 Å². The Morgan fingerprint density at radius 3 is 2.42 bits per heavy atom. The first kappa shape index (κ1) is 15.8. The molecule has 2 nitrogen and oxygen atoms in total. The van der Waals surface area contributed by atoms with E-state index in [2.05, 4.69) is 18.7 Å². The van der Waals surface area contributed by atoms with Crippen LogP contribution in [-0.4, -0.2) is 31.1 Å². The second kappa shape index (κ2) is 6.80. The smallest absolute Gasteiger partial charge is 0.419 e. The van der Waals surface area contributed by atoms with E-state index in [1.165, 1.54) is 12.1 Å². The van der Waals surface area contributed by atoms with Gasteiger partial charge >= 0.3 is 6.18 Å². The van der Waals surface area contributed by atoms with Crippen molar-refractivity contribution in [2.75, 3.05) is 20.2 Å². The topological polar surface area (TPSA) is 12.5 Å². The Kier molecular flexibility index (Phi) is 5.66. The van der Waals surface area contributed by atoms with Gasteiger partial charge in [-0.25, -0.2) is 0 Å². The Bertz CT molecular complexity index is 391. The first-order valence-electron chi connectivity index (χ1n) is 6.31. The lowest BCUT2D eigenvalue weighted by Crippen LogP contribution is -2.28. The van der Waals surface area contributed by atoms with Crippen molar-refractivity contribution in [1.82, 2.24) is 4.90 Å². The zero-order valence-electron chi connectivity index (χ0n) is 11.5. The molecule has 0 fully saturated rings. The van der Waals surface area contributed by atoms with Crippen LogP contribution in [0.15, 0.2) is 24.3 Å². The molecule has 1 aromatic carbocycles. The second-order valence-corrected chi connectivity index (χ2v) is 4.77. The van der Waals surface area contributed by atoms with Gasteiger partial charge in [-0.05, 0) is 39.4 Å². The fourth-order valence-corrected chi connectivity index (χ4v) is 1.58. The third-order valence-electron chi connectivity index (χ3n) is 2.99. The van der Waals surface area contributed by atoms with Crippen LogP contribution in [0.25, 0.3) is 0 Å². The lowest BCUT2D eigenvalue weighted by atomic mass is 10.2. The molecule has 0 unspecified atom stereocenters. The highest BCUT2D eigenvalue weighted by molar-refractivity contribution is 5.35. The molecular formula is C14H20F3NO. The molecule has 0 N–H and O–H groups in total. The molecule has 0 bridgehead atoms. The van der Waals surface area contributed by atoms with E-state index in [-0.39, 0.29) is 12.4 Å². The monoisotopic (exact) mass is 275 g/mol. The number of alkyl halides is 3. The van der Waals surface area contributed by atoms with E-state index in [1.54, 1.807) is 6.07 Å². The average molecular weight is 275 g/mol. The predicted molar refractivity (Wildman–Crippen MR) is 69.3 cm³/mol. The van der Waals surface area contributed by atoms with Gasteiger partial charge in [0.05, 0.1) is 12.2 Å². The summed E-state index contributed by atoms with van der Waals surface area (Å²) >= 11 is 0. The first-order valence-corrected chi connectivity index (χ1v) is 6.31.